The number of aryl methyl sites for hydroxylation is 1. The van der Waals surface area contributed by atoms with Gasteiger partial charge in [0.05, 0.1) is 24.1 Å². The third-order valence-electron chi connectivity index (χ3n) is 6.44. The molecule has 6 aromatic rings. The van der Waals surface area contributed by atoms with Crippen molar-refractivity contribution in [3.8, 4) is 0 Å². The van der Waals surface area contributed by atoms with E-state index in [4.69, 9.17) is 9.15 Å². The molecule has 0 aliphatic carbocycles. The van der Waals surface area contributed by atoms with E-state index in [0.717, 1.165) is 27.6 Å². The first-order valence-corrected chi connectivity index (χ1v) is 13.3. The quantitative estimate of drug-likeness (QED) is 0.198. The highest BCUT2D eigenvalue weighted by Crippen LogP contribution is 2.33. The third kappa shape index (κ3) is 4.14. The number of furan rings is 1. The molecule has 0 saturated carbocycles. The predicted octanol–water partition coefficient (Wildman–Crippen LogP) is 5.62. The Bertz CT molecular complexity index is 1870. The van der Waals surface area contributed by atoms with E-state index >= 15 is 0 Å². The maximum absolute atomic E-state index is 13.5. The topological polar surface area (TPSA) is 91.6 Å². The predicted molar refractivity (Wildman–Crippen MR) is 147 cm³/mol. The molecule has 0 bridgehead atoms. The third-order valence-corrected chi connectivity index (χ3v) is 7.40. The second kappa shape index (κ2) is 9.83. The van der Waals surface area contributed by atoms with Crippen LogP contribution >= 0.6 is 11.8 Å². The molecular weight excluding hydrogens is 500 g/mol. The zero-order chi connectivity index (χ0) is 26.2. The molecule has 0 aliphatic heterocycles. The van der Waals surface area contributed by atoms with Crippen LogP contribution in [0.15, 0.2) is 87.2 Å². The van der Waals surface area contributed by atoms with E-state index in [1.54, 1.807) is 11.5 Å². The van der Waals surface area contributed by atoms with Crippen molar-refractivity contribution in [3.63, 3.8) is 0 Å². The van der Waals surface area contributed by atoms with Gasteiger partial charge in [0, 0.05) is 16.7 Å². The second-order valence-electron chi connectivity index (χ2n) is 8.93. The number of thioether (sulfide) groups is 1. The van der Waals surface area contributed by atoms with Gasteiger partial charge in [-0.3, -0.25) is 13.8 Å². The Labute approximate surface area is 221 Å². The maximum Gasteiger partial charge on any atom is 0.374 e. The number of carbonyl (C=O) groups excluding carboxylic acids is 1. The van der Waals surface area contributed by atoms with Crippen LogP contribution < -0.4 is 5.56 Å². The highest BCUT2D eigenvalue weighted by atomic mass is 32.2. The molecule has 0 unspecified atom stereocenters. The number of aromatic nitrogens is 4. The molecule has 0 atom stereocenters. The smallest absolute Gasteiger partial charge is 0.374 e. The average molecular weight is 525 g/mol. The molecule has 3 heterocycles. The van der Waals surface area contributed by atoms with E-state index in [9.17, 15) is 9.59 Å². The Kier molecular flexibility index (Phi) is 6.21. The van der Waals surface area contributed by atoms with E-state index < -0.39 is 5.97 Å². The maximum atomic E-state index is 13.5. The van der Waals surface area contributed by atoms with Crippen molar-refractivity contribution in [1.29, 1.82) is 0 Å². The average Bonchev–Trinajstić information content (AvgIpc) is 3.53. The summed E-state index contributed by atoms with van der Waals surface area (Å²) < 4.78 is 14.7. The zero-order valence-electron chi connectivity index (χ0n) is 20.9. The number of hydrogen-bond acceptors (Lipinski definition) is 7. The SMILES string of the molecule is CCOC(=O)c1oc2ccccc2c1CSc1nnc2n(Cc3ccc(C)cc3)c(=O)c3ccccc3n12. The van der Waals surface area contributed by atoms with Gasteiger partial charge in [-0.1, -0.05) is 71.9 Å². The summed E-state index contributed by atoms with van der Waals surface area (Å²) in [4.78, 5) is 26.2. The van der Waals surface area contributed by atoms with Crippen molar-refractivity contribution in [2.75, 3.05) is 6.61 Å². The fourth-order valence-corrected chi connectivity index (χ4v) is 5.55. The van der Waals surface area contributed by atoms with Gasteiger partial charge in [-0.2, -0.15) is 0 Å². The van der Waals surface area contributed by atoms with Crippen LogP contribution in [0.4, 0.5) is 0 Å². The first kappa shape index (κ1) is 24.0. The summed E-state index contributed by atoms with van der Waals surface area (Å²) in [5.41, 5.74) is 4.11. The standard InChI is InChI=1S/C29H24N4O4S/c1-3-36-27(35)25-22(20-8-5-7-11-24(20)37-25)17-38-29-31-30-28-32(16-19-14-12-18(2)13-15-19)26(34)21-9-4-6-10-23(21)33(28)29/h4-15H,3,16-17H2,1-2H3. The molecule has 190 valence electrons. The van der Waals surface area contributed by atoms with Gasteiger partial charge in [-0.05, 0) is 37.6 Å². The molecule has 8 nitrogen and oxygen atoms in total. The van der Waals surface area contributed by atoms with E-state index in [2.05, 4.69) is 10.2 Å². The van der Waals surface area contributed by atoms with Crippen molar-refractivity contribution >= 4 is 45.4 Å². The minimum atomic E-state index is -0.497. The Morgan fingerprint density at radius 1 is 0.974 bits per heavy atom. The van der Waals surface area contributed by atoms with E-state index in [1.807, 2.05) is 84.1 Å². The van der Waals surface area contributed by atoms with Gasteiger partial charge >= 0.3 is 5.97 Å². The largest absolute Gasteiger partial charge is 0.460 e. The fraction of sp³-hybridized carbons (Fsp3) is 0.172. The van der Waals surface area contributed by atoms with E-state index in [1.165, 1.54) is 11.8 Å². The van der Waals surface area contributed by atoms with E-state index in [-0.39, 0.29) is 17.9 Å². The zero-order valence-corrected chi connectivity index (χ0v) is 21.7. The fourth-order valence-electron chi connectivity index (χ4n) is 4.59. The molecule has 0 radical (unpaired) electrons. The molecule has 3 aromatic carbocycles. The minimum absolute atomic E-state index is 0.122. The summed E-state index contributed by atoms with van der Waals surface area (Å²) in [7, 11) is 0. The van der Waals surface area contributed by atoms with Crippen LogP contribution in [0, 0.1) is 6.92 Å². The number of esters is 1. The molecule has 0 fully saturated rings. The Morgan fingerprint density at radius 2 is 1.71 bits per heavy atom. The van der Waals surface area contributed by atoms with Crippen molar-refractivity contribution in [2.45, 2.75) is 31.3 Å². The molecule has 3 aromatic heterocycles. The monoisotopic (exact) mass is 524 g/mol. The number of rotatable bonds is 7. The van der Waals surface area contributed by atoms with Crippen molar-refractivity contribution < 1.29 is 13.9 Å². The number of carbonyl (C=O) groups is 1. The van der Waals surface area contributed by atoms with Crippen LogP contribution in [0.2, 0.25) is 0 Å². The van der Waals surface area contributed by atoms with Crippen LogP contribution in [0.25, 0.3) is 27.6 Å². The Hall–Kier alpha value is -4.37. The van der Waals surface area contributed by atoms with E-state index in [0.29, 0.717) is 34.2 Å². The number of hydrogen-bond donors (Lipinski definition) is 0. The highest BCUT2D eigenvalue weighted by Gasteiger charge is 2.23. The van der Waals surface area contributed by atoms with Crippen molar-refractivity contribution in [2.24, 2.45) is 0 Å². The summed E-state index contributed by atoms with van der Waals surface area (Å²) >= 11 is 1.42. The Morgan fingerprint density at radius 3 is 2.50 bits per heavy atom. The molecule has 9 heteroatoms. The summed E-state index contributed by atoms with van der Waals surface area (Å²) in [6, 6.07) is 23.1. The number of para-hydroxylation sites is 2. The minimum Gasteiger partial charge on any atom is -0.460 e. The first-order chi connectivity index (χ1) is 18.5. The van der Waals surface area contributed by atoms with Crippen molar-refractivity contribution in [3.05, 3.63) is 106 Å². The van der Waals surface area contributed by atoms with Gasteiger partial charge in [0.1, 0.15) is 5.58 Å². The second-order valence-corrected chi connectivity index (χ2v) is 9.87. The lowest BCUT2D eigenvalue weighted by molar-refractivity contribution is 0.0491. The van der Waals surface area contributed by atoms with Crippen LogP contribution in [0.3, 0.4) is 0 Å². The number of fused-ring (bicyclic) bond motifs is 4. The number of nitrogens with zero attached hydrogens (tertiary/aromatic N) is 4. The van der Waals surface area contributed by atoms with Crippen LogP contribution in [-0.4, -0.2) is 31.7 Å². The summed E-state index contributed by atoms with van der Waals surface area (Å²) in [6.07, 6.45) is 0. The highest BCUT2D eigenvalue weighted by molar-refractivity contribution is 7.98. The summed E-state index contributed by atoms with van der Waals surface area (Å²) in [6.45, 7) is 4.42. The van der Waals surface area contributed by atoms with Gasteiger partial charge in [0.2, 0.25) is 11.5 Å². The molecule has 0 spiro atoms. The van der Waals surface area contributed by atoms with Gasteiger partial charge < -0.3 is 9.15 Å². The summed E-state index contributed by atoms with van der Waals surface area (Å²) in [5.74, 6) is 0.551. The molecule has 6 rings (SSSR count). The van der Waals surface area contributed by atoms with Gasteiger partial charge in [-0.15, -0.1) is 10.2 Å². The van der Waals surface area contributed by atoms with Crippen LogP contribution in [-0.2, 0) is 17.0 Å². The number of ether oxygens (including phenoxy) is 1. The lowest BCUT2D eigenvalue weighted by atomic mass is 10.1. The lowest BCUT2D eigenvalue weighted by Crippen LogP contribution is -2.24. The van der Waals surface area contributed by atoms with Crippen molar-refractivity contribution in [1.82, 2.24) is 19.2 Å². The normalized spacial score (nSPS) is 11.5. The molecular formula is C29H24N4O4S. The molecule has 0 saturated heterocycles. The van der Waals surface area contributed by atoms with Gasteiger partial charge in [0.25, 0.3) is 5.56 Å². The summed E-state index contributed by atoms with van der Waals surface area (Å²) in [5, 5.41) is 10.9. The van der Waals surface area contributed by atoms with Crippen LogP contribution in [0.5, 0.6) is 0 Å². The Balaban J connectivity index is 1.45. The lowest BCUT2D eigenvalue weighted by Gasteiger charge is -2.11. The molecule has 38 heavy (non-hydrogen) atoms. The number of benzene rings is 3. The molecule has 0 amide bonds. The molecule has 0 N–H and O–H groups in total. The first-order valence-electron chi connectivity index (χ1n) is 12.3. The molecule has 0 aliphatic rings. The van der Waals surface area contributed by atoms with Gasteiger partial charge in [-0.25, -0.2) is 4.79 Å². The van der Waals surface area contributed by atoms with Crippen LogP contribution in [0.1, 0.15) is 34.2 Å². The van der Waals surface area contributed by atoms with Gasteiger partial charge in [0.15, 0.2) is 5.16 Å².